The normalized spacial score (nSPS) is 22.5. The number of para-hydroxylation sites is 1. The van der Waals surface area contributed by atoms with Gasteiger partial charge in [-0.15, -0.1) is 5.10 Å². The molecule has 0 bridgehead atoms. The predicted octanol–water partition coefficient (Wildman–Crippen LogP) is 0.765. The number of benzene rings is 1. The lowest BCUT2D eigenvalue weighted by Gasteiger charge is -2.32. The van der Waals surface area contributed by atoms with Crippen molar-refractivity contribution in [2.24, 2.45) is 5.92 Å². The highest BCUT2D eigenvalue weighted by Crippen LogP contribution is 2.35. The van der Waals surface area contributed by atoms with Crippen LogP contribution in [0.2, 0.25) is 0 Å². The van der Waals surface area contributed by atoms with Gasteiger partial charge in [-0.05, 0) is 30.9 Å². The van der Waals surface area contributed by atoms with E-state index in [2.05, 4.69) is 26.1 Å². The predicted molar refractivity (Wildman–Crippen MR) is 95.1 cm³/mol. The highest BCUT2D eigenvalue weighted by Gasteiger charge is 2.52. The van der Waals surface area contributed by atoms with Crippen LogP contribution in [0.5, 0.6) is 0 Å². The van der Waals surface area contributed by atoms with E-state index in [1.165, 1.54) is 11.0 Å². The van der Waals surface area contributed by atoms with Gasteiger partial charge in [0.1, 0.15) is 5.54 Å². The van der Waals surface area contributed by atoms with E-state index in [-0.39, 0.29) is 24.1 Å². The number of imide groups is 1. The van der Waals surface area contributed by atoms with Crippen LogP contribution in [-0.4, -0.2) is 44.9 Å². The lowest BCUT2D eigenvalue weighted by Crippen LogP contribution is -2.59. The van der Waals surface area contributed by atoms with Gasteiger partial charge in [0.05, 0.1) is 18.4 Å². The van der Waals surface area contributed by atoms with Crippen molar-refractivity contribution in [2.75, 3.05) is 6.54 Å². The standard InChI is InChI=1S/C18H20N6O3/c25-15(14-10-20-24(23-14)13-8-2-1-3-9-13)19-11-18(12-6-4-5-7-12)16(26)21-17(27)22-18/h1-3,8-10,12H,4-7,11H2,(H,19,25)(H2,21,22,26,27)/t18-/m0/s1. The number of amides is 4. The zero-order chi connectivity index (χ0) is 18.9. The average Bonchev–Trinajstić information content (AvgIpc) is 3.41. The molecule has 9 heteroatoms. The quantitative estimate of drug-likeness (QED) is 0.674. The van der Waals surface area contributed by atoms with E-state index < -0.39 is 17.5 Å². The Kier molecular flexibility index (Phi) is 4.35. The molecule has 2 fully saturated rings. The van der Waals surface area contributed by atoms with Crippen LogP contribution < -0.4 is 16.0 Å². The van der Waals surface area contributed by atoms with Gasteiger partial charge in [0.15, 0.2) is 5.69 Å². The Morgan fingerprint density at radius 2 is 1.96 bits per heavy atom. The van der Waals surface area contributed by atoms with Crippen molar-refractivity contribution >= 4 is 17.8 Å². The van der Waals surface area contributed by atoms with Crippen LogP contribution in [0.15, 0.2) is 36.5 Å². The minimum Gasteiger partial charge on any atom is -0.348 e. The first-order valence-electron chi connectivity index (χ1n) is 8.98. The number of aromatic nitrogens is 3. The Morgan fingerprint density at radius 3 is 2.63 bits per heavy atom. The largest absolute Gasteiger partial charge is 0.348 e. The molecule has 0 unspecified atom stereocenters. The van der Waals surface area contributed by atoms with Crippen LogP contribution in [0.3, 0.4) is 0 Å². The molecule has 1 aliphatic carbocycles. The molecule has 1 saturated heterocycles. The molecule has 9 nitrogen and oxygen atoms in total. The number of rotatable bonds is 5. The van der Waals surface area contributed by atoms with Crippen molar-refractivity contribution < 1.29 is 14.4 Å². The number of carbonyl (C=O) groups is 3. The molecule has 4 amide bonds. The molecular weight excluding hydrogens is 348 g/mol. The molecule has 2 aliphatic rings. The molecule has 2 heterocycles. The summed E-state index contributed by atoms with van der Waals surface area (Å²) in [6.07, 6.45) is 5.07. The fourth-order valence-corrected chi connectivity index (χ4v) is 3.84. The van der Waals surface area contributed by atoms with E-state index in [1.54, 1.807) is 0 Å². The Hall–Kier alpha value is -3.23. The van der Waals surface area contributed by atoms with Gasteiger partial charge in [-0.1, -0.05) is 31.0 Å². The van der Waals surface area contributed by atoms with Crippen LogP contribution in [-0.2, 0) is 4.79 Å². The maximum atomic E-state index is 12.5. The first kappa shape index (κ1) is 17.2. The molecule has 1 atom stereocenters. The van der Waals surface area contributed by atoms with Crippen molar-refractivity contribution in [3.8, 4) is 5.69 Å². The molecule has 1 aromatic heterocycles. The number of hydrogen-bond donors (Lipinski definition) is 3. The summed E-state index contributed by atoms with van der Waals surface area (Å²) < 4.78 is 0. The second-order valence-corrected chi connectivity index (χ2v) is 6.90. The smallest absolute Gasteiger partial charge is 0.322 e. The molecule has 3 N–H and O–H groups in total. The number of carbonyl (C=O) groups excluding carboxylic acids is 3. The highest BCUT2D eigenvalue weighted by molar-refractivity contribution is 6.07. The van der Waals surface area contributed by atoms with Crippen molar-refractivity contribution in [1.29, 1.82) is 0 Å². The zero-order valence-corrected chi connectivity index (χ0v) is 14.6. The summed E-state index contributed by atoms with van der Waals surface area (Å²) in [5.41, 5.74) is -0.217. The minimum atomic E-state index is -1.10. The summed E-state index contributed by atoms with van der Waals surface area (Å²) in [5, 5.41) is 16.1. The van der Waals surface area contributed by atoms with Crippen molar-refractivity contribution in [1.82, 2.24) is 30.9 Å². The van der Waals surface area contributed by atoms with Crippen LogP contribution in [0.25, 0.3) is 5.69 Å². The van der Waals surface area contributed by atoms with E-state index in [9.17, 15) is 14.4 Å². The molecule has 1 aromatic carbocycles. The second-order valence-electron chi connectivity index (χ2n) is 6.90. The molecular formula is C18H20N6O3. The topological polar surface area (TPSA) is 118 Å². The van der Waals surface area contributed by atoms with E-state index in [1.807, 2.05) is 30.3 Å². The van der Waals surface area contributed by atoms with Gasteiger partial charge in [-0.2, -0.15) is 9.90 Å². The third-order valence-electron chi connectivity index (χ3n) is 5.26. The molecule has 4 rings (SSSR count). The van der Waals surface area contributed by atoms with Gasteiger partial charge in [0.25, 0.3) is 11.8 Å². The van der Waals surface area contributed by atoms with Crippen LogP contribution in [0, 0.1) is 5.92 Å². The number of nitrogens with zero attached hydrogens (tertiary/aromatic N) is 3. The fraction of sp³-hybridized carbons (Fsp3) is 0.389. The summed E-state index contributed by atoms with van der Waals surface area (Å²) in [6.45, 7) is 0.0201. The van der Waals surface area contributed by atoms with E-state index in [0.29, 0.717) is 0 Å². The van der Waals surface area contributed by atoms with Crippen molar-refractivity contribution in [3.63, 3.8) is 0 Å². The fourth-order valence-electron chi connectivity index (χ4n) is 3.84. The Balaban J connectivity index is 1.48. The van der Waals surface area contributed by atoms with Gasteiger partial charge in [-0.25, -0.2) is 4.79 Å². The highest BCUT2D eigenvalue weighted by atomic mass is 16.2. The molecule has 27 heavy (non-hydrogen) atoms. The van der Waals surface area contributed by atoms with Gasteiger partial charge >= 0.3 is 6.03 Å². The summed E-state index contributed by atoms with van der Waals surface area (Å²) >= 11 is 0. The molecule has 2 aromatic rings. The van der Waals surface area contributed by atoms with Crippen LogP contribution >= 0.6 is 0 Å². The number of nitrogens with one attached hydrogen (secondary N) is 3. The van der Waals surface area contributed by atoms with E-state index in [0.717, 1.165) is 31.4 Å². The molecule has 1 aliphatic heterocycles. The Bertz CT molecular complexity index is 874. The van der Waals surface area contributed by atoms with Crippen LogP contribution in [0.1, 0.15) is 36.2 Å². The first-order chi connectivity index (χ1) is 13.1. The van der Waals surface area contributed by atoms with E-state index >= 15 is 0 Å². The lowest BCUT2D eigenvalue weighted by molar-refractivity contribution is -0.125. The maximum Gasteiger partial charge on any atom is 0.322 e. The second kappa shape index (κ2) is 6.82. The summed E-state index contributed by atoms with van der Waals surface area (Å²) in [7, 11) is 0. The zero-order valence-electron chi connectivity index (χ0n) is 14.6. The summed E-state index contributed by atoms with van der Waals surface area (Å²) in [4.78, 5) is 38.1. The Labute approximate surface area is 155 Å². The minimum absolute atomic E-state index is 0.00394. The van der Waals surface area contributed by atoms with Gasteiger partial charge in [0.2, 0.25) is 0 Å². The van der Waals surface area contributed by atoms with Gasteiger partial charge < -0.3 is 10.6 Å². The van der Waals surface area contributed by atoms with Crippen molar-refractivity contribution in [2.45, 2.75) is 31.2 Å². The first-order valence-corrected chi connectivity index (χ1v) is 8.98. The van der Waals surface area contributed by atoms with E-state index in [4.69, 9.17) is 0 Å². The van der Waals surface area contributed by atoms with Crippen LogP contribution in [0.4, 0.5) is 4.79 Å². The third-order valence-corrected chi connectivity index (χ3v) is 5.26. The SMILES string of the molecule is O=C1NC(=O)[C@](CNC(=O)c2cnn(-c3ccccc3)n2)(C2CCCC2)N1. The Morgan fingerprint density at radius 1 is 1.22 bits per heavy atom. The molecule has 0 radical (unpaired) electrons. The lowest BCUT2D eigenvalue weighted by atomic mass is 9.82. The third kappa shape index (κ3) is 3.16. The monoisotopic (exact) mass is 368 g/mol. The molecule has 1 saturated carbocycles. The average molecular weight is 368 g/mol. The summed E-state index contributed by atoms with van der Waals surface area (Å²) in [5.74, 6) is -0.819. The number of hydrogen-bond acceptors (Lipinski definition) is 5. The van der Waals surface area contributed by atoms with Gasteiger partial charge in [-0.3, -0.25) is 14.9 Å². The van der Waals surface area contributed by atoms with Crippen molar-refractivity contribution in [3.05, 3.63) is 42.2 Å². The maximum absolute atomic E-state index is 12.5. The van der Waals surface area contributed by atoms with Gasteiger partial charge in [0, 0.05) is 0 Å². The summed E-state index contributed by atoms with van der Waals surface area (Å²) in [6, 6.07) is 8.72. The molecule has 0 spiro atoms. The number of urea groups is 1. The molecule has 140 valence electrons.